The van der Waals surface area contributed by atoms with Crippen LogP contribution in [0.3, 0.4) is 0 Å². The third kappa shape index (κ3) is 2.84. The Morgan fingerprint density at radius 3 is 2.55 bits per heavy atom. The summed E-state index contributed by atoms with van der Waals surface area (Å²) in [5.74, 6) is 0.508. The van der Waals surface area contributed by atoms with Crippen molar-refractivity contribution in [2.24, 2.45) is 5.92 Å². The van der Waals surface area contributed by atoms with Crippen LogP contribution in [0.25, 0.3) is 0 Å². The van der Waals surface area contributed by atoms with Crippen LogP contribution in [-0.2, 0) is 4.79 Å². The number of carbonyl (C=O) groups excluding carboxylic acids is 1. The lowest BCUT2D eigenvalue weighted by atomic mass is 9.97. The van der Waals surface area contributed by atoms with E-state index in [0.717, 1.165) is 37.5 Å². The first-order valence-corrected chi connectivity index (χ1v) is 7.90. The van der Waals surface area contributed by atoms with E-state index in [4.69, 9.17) is 11.6 Å². The van der Waals surface area contributed by atoms with E-state index in [-0.39, 0.29) is 12.0 Å². The van der Waals surface area contributed by atoms with E-state index >= 15 is 0 Å². The Kier molecular flexibility index (Phi) is 4.27. The normalized spacial score (nSPS) is 24.1. The topological polar surface area (TPSA) is 32.3 Å². The zero-order valence-corrected chi connectivity index (χ0v) is 12.4. The molecule has 0 aliphatic carbocycles. The molecule has 0 radical (unpaired) electrons. The molecule has 2 aliphatic rings. The summed E-state index contributed by atoms with van der Waals surface area (Å²) in [4.78, 5) is 14.8. The van der Waals surface area contributed by atoms with Gasteiger partial charge in [0.05, 0.1) is 12.0 Å². The van der Waals surface area contributed by atoms with Crippen molar-refractivity contribution in [1.82, 2.24) is 10.2 Å². The van der Waals surface area contributed by atoms with Crippen LogP contribution in [0, 0.1) is 5.92 Å². The molecule has 2 aliphatic heterocycles. The van der Waals surface area contributed by atoms with Gasteiger partial charge in [0.15, 0.2) is 0 Å². The van der Waals surface area contributed by atoms with Crippen molar-refractivity contribution in [3.8, 4) is 0 Å². The van der Waals surface area contributed by atoms with Crippen LogP contribution >= 0.6 is 11.6 Å². The van der Waals surface area contributed by atoms with Crippen molar-refractivity contribution in [3.05, 3.63) is 34.9 Å². The van der Waals surface area contributed by atoms with Gasteiger partial charge in [-0.05, 0) is 30.5 Å². The number of benzene rings is 1. The minimum atomic E-state index is 0.183. The fraction of sp³-hybridized carbons (Fsp3) is 0.562. The van der Waals surface area contributed by atoms with Crippen molar-refractivity contribution in [3.63, 3.8) is 0 Å². The number of hydrogen-bond acceptors (Lipinski definition) is 2. The van der Waals surface area contributed by atoms with Gasteiger partial charge in [-0.15, -0.1) is 0 Å². The van der Waals surface area contributed by atoms with Crippen molar-refractivity contribution in [2.75, 3.05) is 19.6 Å². The maximum Gasteiger partial charge on any atom is 0.228 e. The minimum Gasteiger partial charge on any atom is -0.335 e. The number of rotatable bonds is 2. The average molecular weight is 293 g/mol. The highest BCUT2D eigenvalue weighted by Crippen LogP contribution is 2.32. The third-order valence-electron chi connectivity index (χ3n) is 4.42. The van der Waals surface area contributed by atoms with Gasteiger partial charge in [-0.2, -0.15) is 0 Å². The average Bonchev–Trinajstić information content (AvgIpc) is 2.63. The smallest absolute Gasteiger partial charge is 0.228 e. The molecule has 4 heteroatoms. The maximum absolute atomic E-state index is 12.6. The molecule has 1 unspecified atom stereocenters. The molecule has 1 amide bonds. The second kappa shape index (κ2) is 6.15. The van der Waals surface area contributed by atoms with E-state index in [1.807, 2.05) is 12.1 Å². The Morgan fingerprint density at radius 2 is 1.90 bits per heavy atom. The minimum absolute atomic E-state index is 0.183. The predicted molar refractivity (Wildman–Crippen MR) is 80.7 cm³/mol. The van der Waals surface area contributed by atoms with Crippen LogP contribution in [0.1, 0.15) is 37.3 Å². The Morgan fingerprint density at radius 1 is 1.15 bits per heavy atom. The van der Waals surface area contributed by atoms with E-state index in [1.54, 1.807) is 0 Å². The largest absolute Gasteiger partial charge is 0.335 e. The Bertz CT molecular complexity index is 470. The van der Waals surface area contributed by atoms with Crippen molar-refractivity contribution >= 4 is 17.5 Å². The summed E-state index contributed by atoms with van der Waals surface area (Å²) in [5, 5.41) is 3.95. The highest BCUT2D eigenvalue weighted by Gasteiger charge is 2.34. The van der Waals surface area contributed by atoms with E-state index in [0.29, 0.717) is 5.91 Å². The van der Waals surface area contributed by atoms with Gasteiger partial charge in [0.1, 0.15) is 0 Å². The second-order valence-electron chi connectivity index (χ2n) is 5.80. The van der Waals surface area contributed by atoms with Crippen LogP contribution in [0.4, 0.5) is 0 Å². The van der Waals surface area contributed by atoms with Crippen molar-refractivity contribution in [2.45, 2.75) is 31.7 Å². The zero-order valence-electron chi connectivity index (χ0n) is 11.6. The van der Waals surface area contributed by atoms with Crippen molar-refractivity contribution < 1.29 is 4.79 Å². The first-order valence-electron chi connectivity index (χ1n) is 7.52. The monoisotopic (exact) mass is 292 g/mol. The molecule has 2 heterocycles. The van der Waals surface area contributed by atoms with Gasteiger partial charge >= 0.3 is 0 Å². The number of amides is 1. The molecule has 2 fully saturated rings. The number of hydrogen-bond donors (Lipinski definition) is 1. The highest BCUT2D eigenvalue weighted by molar-refractivity contribution is 6.30. The molecule has 0 spiro atoms. The fourth-order valence-electron chi connectivity index (χ4n) is 3.10. The molecule has 1 N–H and O–H groups in total. The van der Waals surface area contributed by atoms with Gasteiger partial charge in [-0.25, -0.2) is 0 Å². The summed E-state index contributed by atoms with van der Waals surface area (Å²) < 4.78 is 0. The standard InChI is InChI=1S/C16H21ClN2O/c17-14-7-5-12(6-8-14)15-4-2-1-3-9-19(15)16(20)13-10-18-11-13/h5-8,13,15,18H,1-4,9-11H2. The SMILES string of the molecule is O=C(C1CNC1)N1CCCCCC1c1ccc(Cl)cc1. The first kappa shape index (κ1) is 13.9. The Labute approximate surface area is 125 Å². The van der Waals surface area contributed by atoms with Gasteiger partial charge in [-0.3, -0.25) is 4.79 Å². The number of nitrogens with one attached hydrogen (secondary N) is 1. The number of nitrogens with zero attached hydrogens (tertiary/aromatic N) is 1. The number of halogens is 1. The van der Waals surface area contributed by atoms with Crippen LogP contribution < -0.4 is 5.32 Å². The molecule has 0 bridgehead atoms. The van der Waals surface area contributed by atoms with Crippen LogP contribution in [-0.4, -0.2) is 30.4 Å². The summed E-state index contributed by atoms with van der Waals surface area (Å²) in [7, 11) is 0. The number of likely N-dealkylation sites (tertiary alicyclic amines) is 1. The lowest BCUT2D eigenvalue weighted by molar-refractivity contribution is -0.139. The highest BCUT2D eigenvalue weighted by atomic mass is 35.5. The fourth-order valence-corrected chi connectivity index (χ4v) is 3.23. The molecule has 3 rings (SSSR count). The lowest BCUT2D eigenvalue weighted by Crippen LogP contribution is -2.52. The van der Waals surface area contributed by atoms with E-state index < -0.39 is 0 Å². The molecule has 20 heavy (non-hydrogen) atoms. The molecule has 108 valence electrons. The molecule has 1 aromatic rings. The molecule has 2 saturated heterocycles. The van der Waals surface area contributed by atoms with Gasteiger partial charge in [0.25, 0.3) is 0 Å². The molecule has 0 aromatic heterocycles. The summed E-state index contributed by atoms with van der Waals surface area (Å²) in [6.45, 7) is 2.56. The molecular formula is C16H21ClN2O. The van der Waals surface area contributed by atoms with Crippen LogP contribution in [0.2, 0.25) is 5.02 Å². The van der Waals surface area contributed by atoms with E-state index in [9.17, 15) is 4.79 Å². The van der Waals surface area contributed by atoms with E-state index in [2.05, 4.69) is 22.3 Å². The molecule has 1 atom stereocenters. The predicted octanol–water partition coefficient (Wildman–Crippen LogP) is 3.00. The summed E-state index contributed by atoms with van der Waals surface area (Å²) in [5.41, 5.74) is 1.22. The van der Waals surface area contributed by atoms with Gasteiger partial charge < -0.3 is 10.2 Å². The quantitative estimate of drug-likeness (QED) is 0.909. The molecule has 0 saturated carbocycles. The lowest BCUT2D eigenvalue weighted by Gasteiger charge is -2.36. The Hall–Kier alpha value is -1.06. The van der Waals surface area contributed by atoms with Gasteiger partial charge in [-0.1, -0.05) is 36.6 Å². The zero-order chi connectivity index (χ0) is 13.9. The summed E-state index contributed by atoms with van der Waals surface area (Å²) in [6.07, 6.45) is 4.60. The van der Waals surface area contributed by atoms with Crippen LogP contribution in [0.5, 0.6) is 0 Å². The number of carbonyl (C=O) groups is 1. The van der Waals surface area contributed by atoms with E-state index in [1.165, 1.54) is 18.4 Å². The first-order chi connectivity index (χ1) is 9.75. The summed E-state index contributed by atoms with van der Waals surface area (Å²) in [6, 6.07) is 8.21. The third-order valence-corrected chi connectivity index (χ3v) is 4.67. The van der Waals surface area contributed by atoms with Gasteiger partial charge in [0, 0.05) is 24.7 Å². The Balaban J connectivity index is 1.83. The maximum atomic E-state index is 12.6. The second-order valence-corrected chi connectivity index (χ2v) is 6.24. The van der Waals surface area contributed by atoms with Crippen LogP contribution in [0.15, 0.2) is 24.3 Å². The molecule has 3 nitrogen and oxygen atoms in total. The molecule has 1 aromatic carbocycles. The van der Waals surface area contributed by atoms with Crippen molar-refractivity contribution in [1.29, 1.82) is 0 Å². The molecular weight excluding hydrogens is 272 g/mol. The van der Waals surface area contributed by atoms with Gasteiger partial charge in [0.2, 0.25) is 5.91 Å². The summed E-state index contributed by atoms with van der Waals surface area (Å²) >= 11 is 5.97.